The Morgan fingerprint density at radius 1 is 1.07 bits per heavy atom. The van der Waals surface area contributed by atoms with Gasteiger partial charge in [0.15, 0.2) is 5.78 Å². The van der Waals surface area contributed by atoms with Crippen LogP contribution < -0.4 is 5.32 Å². The second kappa shape index (κ2) is 10.0. The first-order valence-corrected chi connectivity index (χ1v) is 15.7. The van der Waals surface area contributed by atoms with E-state index in [-0.39, 0.29) is 36.1 Å². The fourth-order valence-corrected chi connectivity index (χ4v) is 9.77. The van der Waals surface area contributed by atoms with Crippen molar-refractivity contribution in [2.45, 2.75) is 71.7 Å². The molecule has 3 aliphatic carbocycles. The van der Waals surface area contributed by atoms with Crippen molar-refractivity contribution in [3.8, 4) is 11.3 Å². The summed E-state index contributed by atoms with van der Waals surface area (Å²) in [6, 6.07) is 9.34. The zero-order valence-corrected chi connectivity index (χ0v) is 26.5. The van der Waals surface area contributed by atoms with Crippen LogP contribution in [0.3, 0.4) is 0 Å². The van der Waals surface area contributed by atoms with E-state index in [1.54, 1.807) is 24.5 Å². The van der Waals surface area contributed by atoms with Crippen LogP contribution >= 0.6 is 0 Å². The number of hydrogen-bond acceptors (Lipinski definition) is 8. The molecule has 3 fully saturated rings. The summed E-state index contributed by atoms with van der Waals surface area (Å²) in [5.74, 6) is -1.28. The van der Waals surface area contributed by atoms with Crippen LogP contribution in [-0.4, -0.2) is 55.6 Å². The van der Waals surface area contributed by atoms with E-state index in [1.807, 2.05) is 39.0 Å². The van der Waals surface area contributed by atoms with Crippen LogP contribution in [0.15, 0.2) is 64.3 Å². The predicted octanol–water partition coefficient (Wildman–Crippen LogP) is 5.16. The van der Waals surface area contributed by atoms with E-state index in [2.05, 4.69) is 19.2 Å². The molecule has 0 bridgehead atoms. The van der Waals surface area contributed by atoms with Gasteiger partial charge in [0, 0.05) is 45.9 Å². The molecule has 7 rings (SSSR count). The van der Waals surface area contributed by atoms with Crippen LogP contribution in [-0.2, 0) is 28.6 Å². The Morgan fingerprint density at radius 2 is 1.80 bits per heavy atom. The number of ether oxygens (including phenoxy) is 3. The third-order valence-corrected chi connectivity index (χ3v) is 11.8. The Labute approximate surface area is 262 Å². The fourth-order valence-electron chi connectivity index (χ4n) is 9.77. The van der Waals surface area contributed by atoms with Crippen molar-refractivity contribution >= 4 is 23.6 Å². The highest BCUT2D eigenvalue weighted by molar-refractivity contribution is 6.00. The Morgan fingerprint density at radius 3 is 2.49 bits per heavy atom. The Balaban J connectivity index is 1.32. The summed E-state index contributed by atoms with van der Waals surface area (Å²) >= 11 is 0. The third-order valence-electron chi connectivity index (χ3n) is 11.8. The topological polar surface area (TPSA) is 121 Å². The molecule has 45 heavy (non-hydrogen) atoms. The van der Waals surface area contributed by atoms with Crippen LogP contribution in [0.1, 0.15) is 69.3 Å². The zero-order valence-electron chi connectivity index (χ0n) is 26.5. The summed E-state index contributed by atoms with van der Waals surface area (Å²) < 4.78 is 24.2. The first kappa shape index (κ1) is 29.7. The van der Waals surface area contributed by atoms with Crippen LogP contribution in [0.4, 0.5) is 0 Å². The highest BCUT2D eigenvalue weighted by Crippen LogP contribution is 2.72. The largest absolute Gasteiger partial charge is 0.469 e. The van der Waals surface area contributed by atoms with Gasteiger partial charge >= 0.3 is 11.9 Å². The van der Waals surface area contributed by atoms with Gasteiger partial charge in [-0.25, -0.2) is 0 Å². The molecule has 9 atom stereocenters. The normalized spacial score (nSPS) is 37.6. The predicted molar refractivity (Wildman–Crippen MR) is 163 cm³/mol. The third kappa shape index (κ3) is 3.82. The van der Waals surface area contributed by atoms with Crippen molar-refractivity contribution in [1.82, 2.24) is 5.32 Å². The van der Waals surface area contributed by atoms with Gasteiger partial charge in [-0.05, 0) is 63.0 Å². The SMILES string of the molecule is CCNC(=O)c1ccc(-c2occc2[C@@H]2C[C@H]3O[C@@H]4[C@@H]5OC(=O)[C@]6(C)C=CC(=O)[C@](C)([C@@H](CC(=O)OC)[C@]4(C)C3=C2C)[C@@H]56)cc1. The van der Waals surface area contributed by atoms with E-state index in [0.29, 0.717) is 18.5 Å². The summed E-state index contributed by atoms with van der Waals surface area (Å²) in [7, 11) is 1.36. The molecule has 1 saturated carbocycles. The number of hydrogen-bond donors (Lipinski definition) is 1. The molecule has 2 saturated heterocycles. The van der Waals surface area contributed by atoms with Gasteiger partial charge in [-0.2, -0.15) is 0 Å². The first-order valence-electron chi connectivity index (χ1n) is 15.7. The minimum absolute atomic E-state index is 0.0134. The lowest BCUT2D eigenvalue weighted by atomic mass is 9.42. The van der Waals surface area contributed by atoms with Crippen molar-refractivity contribution in [2.75, 3.05) is 13.7 Å². The van der Waals surface area contributed by atoms with Crippen molar-refractivity contribution in [1.29, 1.82) is 0 Å². The molecule has 1 N–H and O–H groups in total. The van der Waals surface area contributed by atoms with Gasteiger partial charge in [0.2, 0.25) is 0 Å². The van der Waals surface area contributed by atoms with E-state index in [4.69, 9.17) is 18.6 Å². The van der Waals surface area contributed by atoms with Crippen molar-refractivity contribution in [3.63, 3.8) is 0 Å². The average molecular weight is 614 g/mol. The average Bonchev–Trinajstić information content (AvgIpc) is 3.76. The lowest BCUT2D eigenvalue weighted by Crippen LogP contribution is -2.66. The Kier molecular flexibility index (Phi) is 6.61. The van der Waals surface area contributed by atoms with Gasteiger partial charge in [0.1, 0.15) is 18.0 Å². The number of methoxy groups -OCH3 is 1. The number of allylic oxidation sites excluding steroid dienone is 2. The maximum Gasteiger partial charge on any atom is 0.316 e. The van der Waals surface area contributed by atoms with Crippen LogP contribution in [0.5, 0.6) is 0 Å². The summed E-state index contributed by atoms with van der Waals surface area (Å²) in [6.07, 6.45) is 4.10. The van der Waals surface area contributed by atoms with Crippen molar-refractivity contribution < 1.29 is 37.8 Å². The highest BCUT2D eigenvalue weighted by atomic mass is 16.6. The molecule has 1 aromatic heterocycles. The van der Waals surface area contributed by atoms with Crippen LogP contribution in [0.2, 0.25) is 0 Å². The fraction of sp³-hybridized carbons (Fsp3) is 0.500. The highest BCUT2D eigenvalue weighted by Gasteiger charge is 2.77. The molecular formula is C36H39NO8. The van der Waals surface area contributed by atoms with Gasteiger partial charge in [0.25, 0.3) is 5.91 Å². The van der Waals surface area contributed by atoms with Gasteiger partial charge in [-0.3, -0.25) is 19.2 Å². The maximum absolute atomic E-state index is 14.0. The zero-order chi connectivity index (χ0) is 32.1. The minimum atomic E-state index is -1.06. The molecule has 3 heterocycles. The van der Waals surface area contributed by atoms with E-state index < -0.39 is 46.3 Å². The first-order chi connectivity index (χ1) is 21.4. The van der Waals surface area contributed by atoms with Crippen LogP contribution in [0.25, 0.3) is 11.3 Å². The molecule has 5 aliphatic rings. The van der Waals surface area contributed by atoms with E-state index in [9.17, 15) is 19.2 Å². The molecule has 0 unspecified atom stereocenters. The van der Waals surface area contributed by atoms with Crippen molar-refractivity contribution in [2.24, 2.45) is 28.1 Å². The van der Waals surface area contributed by atoms with Gasteiger partial charge in [-0.1, -0.05) is 37.6 Å². The summed E-state index contributed by atoms with van der Waals surface area (Å²) in [6.45, 7) is 10.3. The molecule has 1 aromatic carbocycles. The number of carbonyl (C=O) groups is 4. The number of furan rings is 1. The van der Waals surface area contributed by atoms with Crippen molar-refractivity contribution in [3.05, 3.63) is 71.0 Å². The van der Waals surface area contributed by atoms with Gasteiger partial charge in [0.05, 0.1) is 31.3 Å². The molecule has 9 heteroatoms. The number of ketones is 1. The number of benzene rings is 1. The molecule has 0 radical (unpaired) electrons. The maximum atomic E-state index is 14.0. The van der Waals surface area contributed by atoms with Gasteiger partial charge < -0.3 is 23.9 Å². The second-order valence-electron chi connectivity index (χ2n) is 13.8. The number of nitrogens with one attached hydrogen (secondary N) is 1. The molecule has 0 spiro atoms. The summed E-state index contributed by atoms with van der Waals surface area (Å²) in [4.78, 5) is 52.7. The Hall–Kier alpha value is -3.98. The molecule has 1 amide bonds. The molecular weight excluding hydrogens is 574 g/mol. The minimum Gasteiger partial charge on any atom is -0.469 e. The van der Waals surface area contributed by atoms with Gasteiger partial charge in [-0.15, -0.1) is 0 Å². The van der Waals surface area contributed by atoms with E-state index >= 15 is 0 Å². The summed E-state index contributed by atoms with van der Waals surface area (Å²) in [5.41, 5.74) is 1.78. The lowest BCUT2D eigenvalue weighted by molar-refractivity contribution is -0.190. The number of fused-ring (bicyclic) bond motifs is 4. The lowest BCUT2D eigenvalue weighted by Gasteiger charge is -2.59. The monoisotopic (exact) mass is 613 g/mol. The molecule has 2 aromatic rings. The number of rotatable bonds is 6. The van der Waals surface area contributed by atoms with Crippen LogP contribution in [0, 0.1) is 28.1 Å². The Bertz CT molecular complexity index is 1680. The molecule has 236 valence electrons. The quantitative estimate of drug-likeness (QED) is 0.350. The summed E-state index contributed by atoms with van der Waals surface area (Å²) in [5, 5.41) is 2.82. The molecule has 2 aliphatic heterocycles. The number of esters is 2. The van der Waals surface area contributed by atoms with E-state index in [0.717, 1.165) is 28.0 Å². The van der Waals surface area contributed by atoms with E-state index in [1.165, 1.54) is 13.2 Å². The number of carbonyl (C=O) groups excluding carboxylic acids is 4. The smallest absolute Gasteiger partial charge is 0.316 e. The second-order valence-corrected chi connectivity index (χ2v) is 13.8. The number of amides is 1. The molecule has 9 nitrogen and oxygen atoms in total. The standard InChI is InChI=1S/C36H39NO8/c1-7-37-32(40)20-10-8-19(9-11-20)28-21(13-15-43-28)22-16-23-27(18(22)2)36(5)24(17-26(39)42-6)35(4)25(38)12-14-34(3)30(35)29(31(36)44-23)45-33(34)41/h8-15,22-24,29-31H,7,16-17H2,1-6H3,(H,37,40)/t22-,23-,24-,29-,30+,31-,34-,35+,36-/m1/s1.